The Bertz CT molecular complexity index is 776. The van der Waals surface area contributed by atoms with Crippen molar-refractivity contribution >= 4 is 29.5 Å². The number of amides is 1. The van der Waals surface area contributed by atoms with Crippen molar-refractivity contribution in [1.29, 1.82) is 0 Å². The summed E-state index contributed by atoms with van der Waals surface area (Å²) in [5.41, 5.74) is 1.44. The van der Waals surface area contributed by atoms with Crippen LogP contribution < -0.4 is 10.6 Å². The zero-order valence-corrected chi connectivity index (χ0v) is 15.7. The number of carbonyl (C=O) groups is 2. The molecule has 3 rings (SSSR count). The van der Waals surface area contributed by atoms with Gasteiger partial charge in [-0.2, -0.15) is 0 Å². The number of nitrogens with one attached hydrogen (secondary N) is 2. The van der Waals surface area contributed by atoms with Gasteiger partial charge < -0.3 is 15.0 Å². The van der Waals surface area contributed by atoms with Gasteiger partial charge in [0.1, 0.15) is 12.1 Å². The van der Waals surface area contributed by atoms with Crippen LogP contribution >= 0.6 is 12.2 Å². The molecule has 1 aromatic rings. The maximum absolute atomic E-state index is 13.1. The van der Waals surface area contributed by atoms with Gasteiger partial charge in [0, 0.05) is 31.3 Å². The molecule has 0 spiro atoms. The molecule has 142 valence electrons. The van der Waals surface area contributed by atoms with Crippen LogP contribution in [-0.2, 0) is 4.79 Å². The molecule has 1 aromatic carbocycles. The minimum Gasteiger partial charge on any atom is -0.387 e. The molecule has 0 radical (unpaired) electrons. The predicted molar refractivity (Wildman–Crippen MR) is 106 cm³/mol. The van der Waals surface area contributed by atoms with Gasteiger partial charge >= 0.3 is 0 Å². The third kappa shape index (κ3) is 4.80. The number of rotatable bonds is 4. The molecule has 2 aliphatic rings. The fourth-order valence-electron chi connectivity index (χ4n) is 3.48. The molecule has 5 nitrogen and oxygen atoms in total. The first kappa shape index (κ1) is 19.2. The molecular weight excluding hydrogens is 365 g/mol. The van der Waals surface area contributed by atoms with Crippen molar-refractivity contribution in [3.63, 3.8) is 0 Å². The van der Waals surface area contributed by atoms with Crippen LogP contribution in [0.25, 0.3) is 0 Å². The van der Waals surface area contributed by atoms with Crippen LogP contribution in [0.4, 0.5) is 4.39 Å². The van der Waals surface area contributed by atoms with E-state index in [1.807, 2.05) is 17.2 Å². The fraction of sp³-hybridized carbons (Fsp3) is 0.350. The van der Waals surface area contributed by atoms with E-state index in [4.69, 9.17) is 12.2 Å². The molecule has 7 heteroatoms. The van der Waals surface area contributed by atoms with E-state index in [0.29, 0.717) is 23.6 Å². The standard InChI is InChI=1S/C20H22FN3O2S/c21-17-6-4-15(5-7-17)19(26)23-20(27)24-13-14(9-11-25)3-8-18(24)16-2-1-10-22-12-16/h1-2,4-7,11-12,14,18,22H,3,8-10,13H2,(H,23,26,27). The molecule has 27 heavy (non-hydrogen) atoms. The quantitative estimate of drug-likeness (QED) is 0.614. The van der Waals surface area contributed by atoms with Crippen molar-refractivity contribution in [1.82, 2.24) is 15.5 Å². The molecule has 0 aromatic heterocycles. The summed E-state index contributed by atoms with van der Waals surface area (Å²) in [7, 11) is 0. The largest absolute Gasteiger partial charge is 0.387 e. The second-order valence-corrected chi connectivity index (χ2v) is 7.12. The lowest BCUT2D eigenvalue weighted by atomic mass is 9.87. The highest BCUT2D eigenvalue weighted by Crippen LogP contribution is 2.29. The molecule has 2 N–H and O–H groups in total. The number of hydrogen-bond donors (Lipinski definition) is 2. The molecule has 0 bridgehead atoms. The van der Waals surface area contributed by atoms with E-state index < -0.39 is 5.82 Å². The number of likely N-dealkylation sites (tertiary alicyclic amines) is 1. The lowest BCUT2D eigenvalue weighted by Gasteiger charge is -2.41. The lowest BCUT2D eigenvalue weighted by molar-refractivity contribution is -0.108. The second-order valence-electron chi connectivity index (χ2n) is 6.74. The molecule has 2 aliphatic heterocycles. The molecule has 0 aliphatic carbocycles. The van der Waals surface area contributed by atoms with Gasteiger partial charge in [0.25, 0.3) is 5.91 Å². The van der Waals surface area contributed by atoms with Crippen LogP contribution in [-0.4, -0.2) is 41.3 Å². The van der Waals surface area contributed by atoms with Gasteiger partial charge in [-0.15, -0.1) is 0 Å². The summed E-state index contributed by atoms with van der Waals surface area (Å²) in [6.07, 6.45) is 9.28. The maximum Gasteiger partial charge on any atom is 0.257 e. The van der Waals surface area contributed by atoms with E-state index in [9.17, 15) is 14.0 Å². The fourth-order valence-corrected chi connectivity index (χ4v) is 3.78. The Balaban J connectivity index is 1.75. The van der Waals surface area contributed by atoms with E-state index in [0.717, 1.165) is 31.2 Å². The molecular formula is C20H22FN3O2S. The van der Waals surface area contributed by atoms with Crippen molar-refractivity contribution in [3.05, 3.63) is 59.6 Å². The summed E-state index contributed by atoms with van der Waals surface area (Å²) < 4.78 is 13.1. The van der Waals surface area contributed by atoms with Crippen LogP contribution in [0, 0.1) is 11.7 Å². The Morgan fingerprint density at radius 2 is 2.11 bits per heavy atom. The second kappa shape index (κ2) is 8.90. The Hall–Kier alpha value is -2.54. The minimum absolute atomic E-state index is 0.0398. The highest BCUT2D eigenvalue weighted by molar-refractivity contribution is 7.80. The number of benzene rings is 1. The molecule has 2 heterocycles. The first-order valence-corrected chi connectivity index (χ1v) is 9.40. The van der Waals surface area contributed by atoms with Gasteiger partial charge in [-0.1, -0.05) is 12.2 Å². The summed E-state index contributed by atoms with van der Waals surface area (Å²) in [5, 5.41) is 6.28. The number of piperidine rings is 1. The molecule has 2 atom stereocenters. The van der Waals surface area contributed by atoms with Crippen LogP contribution in [0.15, 0.2) is 48.2 Å². The highest BCUT2D eigenvalue weighted by atomic mass is 32.1. The monoisotopic (exact) mass is 387 g/mol. The summed E-state index contributed by atoms with van der Waals surface area (Å²) >= 11 is 5.52. The predicted octanol–water partition coefficient (Wildman–Crippen LogP) is 2.55. The Morgan fingerprint density at radius 3 is 2.78 bits per heavy atom. The number of nitrogens with zero attached hydrogens (tertiary/aromatic N) is 1. The normalized spacial score (nSPS) is 21.8. The maximum atomic E-state index is 13.1. The van der Waals surface area contributed by atoms with E-state index >= 15 is 0 Å². The van der Waals surface area contributed by atoms with Crippen molar-refractivity contribution in [2.45, 2.75) is 25.3 Å². The number of hydrogen-bond acceptors (Lipinski definition) is 4. The smallest absolute Gasteiger partial charge is 0.257 e. The van der Waals surface area contributed by atoms with Crippen LogP contribution in [0.1, 0.15) is 29.6 Å². The highest BCUT2D eigenvalue weighted by Gasteiger charge is 2.32. The van der Waals surface area contributed by atoms with Crippen LogP contribution in [0.3, 0.4) is 0 Å². The van der Waals surface area contributed by atoms with Gasteiger partial charge in [-0.25, -0.2) is 4.39 Å². The SMILES string of the molecule is O=CCC1CCC(C2=CNCC=C2)N(C(=S)NC(=O)c2ccc(F)cc2)C1. The molecule has 1 amide bonds. The first-order chi connectivity index (χ1) is 13.1. The van der Waals surface area contributed by atoms with Crippen molar-refractivity contribution < 1.29 is 14.0 Å². The van der Waals surface area contributed by atoms with E-state index in [-0.39, 0.29) is 17.9 Å². The summed E-state index contributed by atoms with van der Waals surface area (Å²) in [5.74, 6) is -0.562. The van der Waals surface area contributed by atoms with E-state index in [1.54, 1.807) is 0 Å². The third-order valence-electron chi connectivity index (χ3n) is 4.90. The summed E-state index contributed by atoms with van der Waals surface area (Å²) in [4.78, 5) is 25.4. The van der Waals surface area contributed by atoms with Crippen LogP contribution in [0.2, 0.25) is 0 Å². The van der Waals surface area contributed by atoms with Crippen molar-refractivity contribution in [2.75, 3.05) is 13.1 Å². The van der Waals surface area contributed by atoms with E-state index in [2.05, 4.69) is 16.7 Å². The van der Waals surface area contributed by atoms with E-state index in [1.165, 1.54) is 24.3 Å². The first-order valence-electron chi connectivity index (χ1n) is 8.99. The number of dihydropyridines is 1. The average molecular weight is 387 g/mol. The molecule has 0 saturated carbocycles. The van der Waals surface area contributed by atoms with Gasteiger partial charge in [0.2, 0.25) is 0 Å². The lowest BCUT2D eigenvalue weighted by Crippen LogP contribution is -2.53. The van der Waals surface area contributed by atoms with Gasteiger partial charge in [-0.05, 0) is 60.8 Å². The Kier molecular flexibility index (Phi) is 6.34. The number of aldehydes is 1. The topological polar surface area (TPSA) is 61.4 Å². The average Bonchev–Trinajstić information content (AvgIpc) is 2.69. The zero-order chi connectivity index (χ0) is 19.2. The van der Waals surface area contributed by atoms with Gasteiger partial charge in [0.15, 0.2) is 5.11 Å². The summed E-state index contributed by atoms with van der Waals surface area (Å²) in [6.45, 7) is 1.40. The number of halogens is 1. The minimum atomic E-state index is -0.398. The zero-order valence-electron chi connectivity index (χ0n) is 14.9. The number of thiocarbonyl (C=S) groups is 1. The van der Waals surface area contributed by atoms with Crippen molar-refractivity contribution in [3.8, 4) is 0 Å². The third-order valence-corrected chi connectivity index (χ3v) is 5.23. The van der Waals surface area contributed by atoms with Crippen LogP contribution in [0.5, 0.6) is 0 Å². The Morgan fingerprint density at radius 1 is 1.33 bits per heavy atom. The molecule has 1 fully saturated rings. The Labute approximate surface area is 163 Å². The van der Waals surface area contributed by atoms with Gasteiger partial charge in [-0.3, -0.25) is 10.1 Å². The number of carbonyl (C=O) groups excluding carboxylic acids is 2. The van der Waals surface area contributed by atoms with Gasteiger partial charge in [0.05, 0.1) is 6.04 Å². The van der Waals surface area contributed by atoms with Crippen molar-refractivity contribution in [2.24, 2.45) is 5.92 Å². The summed E-state index contributed by atoms with van der Waals surface area (Å²) in [6, 6.07) is 5.37. The molecule has 1 saturated heterocycles. The molecule has 2 unspecified atom stereocenters.